The zero-order chi connectivity index (χ0) is 28.3. The van der Waals surface area contributed by atoms with Gasteiger partial charge in [0.25, 0.3) is 5.91 Å². The molecule has 0 spiro atoms. The van der Waals surface area contributed by atoms with E-state index in [-0.39, 0.29) is 17.9 Å². The summed E-state index contributed by atoms with van der Waals surface area (Å²) >= 11 is 0. The van der Waals surface area contributed by atoms with Crippen molar-refractivity contribution in [2.45, 2.75) is 77.3 Å². The maximum Gasteiger partial charge on any atom is 0.251 e. The Kier molecular flexibility index (Phi) is 8.44. The van der Waals surface area contributed by atoms with E-state index in [1.165, 1.54) is 19.3 Å². The quantitative estimate of drug-likeness (QED) is 0.470. The topological polar surface area (TPSA) is 112 Å². The van der Waals surface area contributed by atoms with Gasteiger partial charge in [0.2, 0.25) is 11.9 Å². The van der Waals surface area contributed by atoms with Gasteiger partial charge in [0.1, 0.15) is 11.4 Å². The van der Waals surface area contributed by atoms with Crippen molar-refractivity contribution in [1.82, 2.24) is 20.6 Å². The van der Waals surface area contributed by atoms with Gasteiger partial charge in [-0.3, -0.25) is 9.59 Å². The zero-order valence-corrected chi connectivity index (χ0v) is 24.3. The number of methoxy groups -OCH3 is 1. The van der Waals surface area contributed by atoms with Crippen LogP contribution in [-0.4, -0.2) is 67.7 Å². The Morgan fingerprint density at radius 2 is 2.00 bits per heavy atom. The summed E-state index contributed by atoms with van der Waals surface area (Å²) in [5.41, 5.74) is 1.43. The van der Waals surface area contributed by atoms with Gasteiger partial charge in [-0.15, -0.1) is 0 Å². The maximum absolute atomic E-state index is 13.5. The number of ether oxygens (including phenoxy) is 1. The summed E-state index contributed by atoms with van der Waals surface area (Å²) in [5, 5.41) is 9.74. The van der Waals surface area contributed by atoms with Crippen LogP contribution < -0.4 is 30.5 Å². The largest absolute Gasteiger partial charge is 0.495 e. The molecule has 2 unspecified atom stereocenters. The van der Waals surface area contributed by atoms with Crippen molar-refractivity contribution in [2.24, 2.45) is 5.41 Å². The highest BCUT2D eigenvalue weighted by atomic mass is 16.5. The van der Waals surface area contributed by atoms with Gasteiger partial charge in [0.15, 0.2) is 5.82 Å². The highest BCUT2D eigenvalue weighted by Gasteiger charge is 2.43. The summed E-state index contributed by atoms with van der Waals surface area (Å²) in [6, 6.07) is 5.82. The van der Waals surface area contributed by atoms with E-state index in [1.807, 2.05) is 13.1 Å². The van der Waals surface area contributed by atoms with Crippen molar-refractivity contribution in [3.8, 4) is 5.75 Å². The van der Waals surface area contributed by atoms with Gasteiger partial charge < -0.3 is 30.5 Å². The fraction of sp³-hybridized carbons (Fsp3) is 0.600. The molecule has 2 aromatic rings. The van der Waals surface area contributed by atoms with E-state index in [0.29, 0.717) is 35.5 Å². The molecule has 1 aromatic heterocycles. The van der Waals surface area contributed by atoms with Crippen LogP contribution in [0.25, 0.3) is 0 Å². The molecule has 3 N–H and O–H groups in total. The molecule has 3 heterocycles. The number of nitrogens with zero attached hydrogens (tertiary/aromatic N) is 4. The predicted octanol–water partition coefficient (Wildman–Crippen LogP) is 4.24. The van der Waals surface area contributed by atoms with Gasteiger partial charge in [-0.25, -0.2) is 4.98 Å². The van der Waals surface area contributed by atoms with Crippen LogP contribution >= 0.6 is 0 Å². The highest BCUT2D eigenvalue weighted by Crippen LogP contribution is 2.41. The molecule has 1 aromatic carbocycles. The van der Waals surface area contributed by atoms with Crippen LogP contribution in [0.2, 0.25) is 0 Å². The SMILES string of the molecule is CCC1(C)CN(C2CCCCC2)c2nc(Nc3ccc(C(=O)NC4CCCNC4)cc3OC)ncc2N(C)C1=O. The molecular weight excluding hydrogens is 506 g/mol. The Hall–Kier alpha value is -3.40. The average Bonchev–Trinajstić information content (AvgIpc) is 3.07. The van der Waals surface area contributed by atoms with E-state index in [2.05, 4.69) is 39.7 Å². The minimum atomic E-state index is -0.506. The van der Waals surface area contributed by atoms with Gasteiger partial charge in [-0.1, -0.05) is 26.2 Å². The summed E-state index contributed by atoms with van der Waals surface area (Å²) in [6.45, 7) is 6.56. The number of fused-ring (bicyclic) bond motifs is 1. The first-order valence-corrected chi connectivity index (χ1v) is 14.7. The second-order valence-electron chi connectivity index (χ2n) is 11.7. The lowest BCUT2D eigenvalue weighted by Gasteiger charge is -2.38. The summed E-state index contributed by atoms with van der Waals surface area (Å²) in [5.74, 6) is 1.72. The Morgan fingerprint density at radius 3 is 2.70 bits per heavy atom. The molecule has 1 aliphatic carbocycles. The molecular formula is C30H43N7O3. The first kappa shape index (κ1) is 28.1. The standard InChI is InChI=1S/C30H43N7O3/c1-5-30(2)19-37(22-11-7-6-8-12-22)26-24(36(3)28(30)39)18-32-29(35-26)34-23-14-13-20(16-25(23)40-4)27(38)33-21-10-9-15-31-17-21/h13-14,16,18,21-22,31H,5-12,15,17,19H2,1-4H3,(H,33,38)(H,32,34,35). The van der Waals surface area contributed by atoms with E-state index in [4.69, 9.17) is 9.72 Å². The minimum absolute atomic E-state index is 0.0958. The fourth-order valence-electron chi connectivity index (χ4n) is 6.17. The highest BCUT2D eigenvalue weighted by molar-refractivity contribution is 6.01. The lowest BCUT2D eigenvalue weighted by atomic mass is 9.84. The van der Waals surface area contributed by atoms with Gasteiger partial charge in [-0.2, -0.15) is 4.98 Å². The second-order valence-corrected chi connectivity index (χ2v) is 11.7. The predicted molar refractivity (Wildman–Crippen MR) is 158 cm³/mol. The number of piperidine rings is 1. The molecule has 2 fully saturated rings. The summed E-state index contributed by atoms with van der Waals surface area (Å²) in [4.78, 5) is 40.1. The number of rotatable bonds is 7. The van der Waals surface area contributed by atoms with Crippen molar-refractivity contribution >= 4 is 35.0 Å². The third kappa shape index (κ3) is 5.73. The smallest absolute Gasteiger partial charge is 0.251 e. The van der Waals surface area contributed by atoms with E-state index in [1.54, 1.807) is 30.3 Å². The van der Waals surface area contributed by atoms with Gasteiger partial charge >= 0.3 is 0 Å². The van der Waals surface area contributed by atoms with E-state index >= 15 is 0 Å². The molecule has 10 nitrogen and oxygen atoms in total. The summed E-state index contributed by atoms with van der Waals surface area (Å²) < 4.78 is 5.65. The zero-order valence-electron chi connectivity index (χ0n) is 24.3. The molecule has 2 amide bonds. The minimum Gasteiger partial charge on any atom is -0.495 e. The molecule has 10 heteroatoms. The van der Waals surface area contributed by atoms with Crippen molar-refractivity contribution < 1.29 is 14.3 Å². The molecule has 5 rings (SSSR count). The number of carbonyl (C=O) groups is 2. The Morgan fingerprint density at radius 1 is 1.20 bits per heavy atom. The van der Waals surface area contributed by atoms with Crippen LogP contribution in [0.1, 0.15) is 75.6 Å². The second kappa shape index (κ2) is 12.0. The van der Waals surface area contributed by atoms with Crippen molar-refractivity contribution in [3.05, 3.63) is 30.0 Å². The first-order chi connectivity index (χ1) is 19.3. The number of carbonyl (C=O) groups excluding carboxylic acids is 2. The molecule has 0 bridgehead atoms. The van der Waals surface area contributed by atoms with E-state index in [0.717, 1.165) is 56.7 Å². The summed E-state index contributed by atoms with van der Waals surface area (Å²) in [6.07, 6.45) is 10.3. The normalized spacial score (nSPS) is 23.8. The Labute approximate surface area is 237 Å². The number of nitrogens with one attached hydrogen (secondary N) is 3. The molecule has 0 radical (unpaired) electrons. The lowest BCUT2D eigenvalue weighted by Crippen LogP contribution is -2.47. The molecule has 40 heavy (non-hydrogen) atoms. The van der Waals surface area contributed by atoms with E-state index < -0.39 is 5.41 Å². The fourth-order valence-corrected chi connectivity index (χ4v) is 6.17. The monoisotopic (exact) mass is 549 g/mol. The Balaban J connectivity index is 1.42. The molecule has 1 saturated carbocycles. The van der Waals surface area contributed by atoms with Gasteiger partial charge in [-0.05, 0) is 63.8 Å². The Bertz CT molecular complexity index is 1230. The van der Waals surface area contributed by atoms with Gasteiger partial charge in [0, 0.05) is 37.8 Å². The van der Waals surface area contributed by atoms with Crippen LogP contribution in [0.4, 0.5) is 23.1 Å². The van der Waals surface area contributed by atoms with Crippen molar-refractivity contribution in [1.29, 1.82) is 0 Å². The third-order valence-corrected chi connectivity index (χ3v) is 8.86. The van der Waals surface area contributed by atoms with Crippen LogP contribution in [0, 0.1) is 5.41 Å². The summed E-state index contributed by atoms with van der Waals surface area (Å²) in [7, 11) is 3.41. The molecule has 3 aliphatic rings. The average molecular weight is 550 g/mol. The first-order valence-electron chi connectivity index (χ1n) is 14.7. The number of hydrogen-bond acceptors (Lipinski definition) is 8. The number of aromatic nitrogens is 2. The number of benzene rings is 1. The maximum atomic E-state index is 13.5. The van der Waals surface area contributed by atoms with Crippen LogP contribution in [0.5, 0.6) is 5.75 Å². The lowest BCUT2D eigenvalue weighted by molar-refractivity contribution is -0.126. The van der Waals surface area contributed by atoms with Gasteiger partial charge in [0.05, 0.1) is 24.4 Å². The van der Waals surface area contributed by atoms with E-state index in [9.17, 15) is 9.59 Å². The van der Waals surface area contributed by atoms with Crippen molar-refractivity contribution in [3.63, 3.8) is 0 Å². The molecule has 2 atom stereocenters. The molecule has 1 saturated heterocycles. The third-order valence-electron chi connectivity index (χ3n) is 8.86. The van der Waals surface area contributed by atoms with Crippen molar-refractivity contribution in [2.75, 3.05) is 48.9 Å². The van der Waals surface area contributed by atoms with Crippen LogP contribution in [0.15, 0.2) is 24.4 Å². The number of hydrogen-bond donors (Lipinski definition) is 3. The number of anilines is 4. The molecule has 2 aliphatic heterocycles. The number of amides is 2. The van der Waals surface area contributed by atoms with Crippen LogP contribution in [0.3, 0.4) is 0 Å². The van der Waals surface area contributed by atoms with Crippen LogP contribution in [-0.2, 0) is 4.79 Å². The molecule has 216 valence electrons.